The van der Waals surface area contributed by atoms with E-state index in [0.29, 0.717) is 5.56 Å². The van der Waals surface area contributed by atoms with Crippen LogP contribution in [0.15, 0.2) is 24.3 Å². The molecule has 8 heteroatoms. The molecule has 0 amide bonds. The zero-order valence-corrected chi connectivity index (χ0v) is 24.2. The van der Waals surface area contributed by atoms with E-state index in [1.54, 1.807) is 11.3 Å². The smallest absolute Gasteiger partial charge is 0.159 e. The lowest BCUT2D eigenvalue weighted by atomic mass is 9.89. The van der Waals surface area contributed by atoms with Crippen LogP contribution >= 0.6 is 18.0 Å². The van der Waals surface area contributed by atoms with Crippen LogP contribution in [-0.4, -0.2) is 43.0 Å². The lowest BCUT2D eigenvalue weighted by Crippen LogP contribution is -2.50. The second-order valence-electron chi connectivity index (χ2n) is 11.9. The number of aliphatic hydroxyl groups excluding tert-OH is 1. The van der Waals surface area contributed by atoms with Gasteiger partial charge in [-0.25, -0.2) is 4.21 Å². The first-order chi connectivity index (χ1) is 17.0. The Bertz CT molecular complexity index is 1480. The molecule has 0 saturated carbocycles. The number of benzene rings is 1. The summed E-state index contributed by atoms with van der Waals surface area (Å²) in [6.45, 7) is 11.5. The highest BCUT2D eigenvalue weighted by molar-refractivity contribution is 8.32. The third-order valence-corrected chi connectivity index (χ3v) is 18.8. The van der Waals surface area contributed by atoms with Gasteiger partial charge in [0.15, 0.2) is 9.30 Å². The van der Waals surface area contributed by atoms with Crippen molar-refractivity contribution < 1.29 is 9.32 Å². The number of allylic oxidation sites excluding steroid dienone is 1. The van der Waals surface area contributed by atoms with Gasteiger partial charge in [0.2, 0.25) is 0 Å². The lowest BCUT2D eigenvalue weighted by Gasteiger charge is -2.40. The molecule has 0 aliphatic carbocycles. The first kappa shape index (κ1) is 24.5. The minimum Gasteiger partial charge on any atom is -0.399 e. The van der Waals surface area contributed by atoms with Crippen LogP contribution in [0.3, 0.4) is 0 Å². The molecular formula is C28H34N3O2PS2. The van der Waals surface area contributed by atoms with E-state index in [1.165, 1.54) is 11.3 Å². The molecule has 6 heterocycles. The van der Waals surface area contributed by atoms with Crippen molar-refractivity contribution in [1.82, 2.24) is 4.31 Å². The van der Waals surface area contributed by atoms with Gasteiger partial charge in [-0.15, -0.1) is 0 Å². The molecule has 1 saturated heterocycles. The van der Waals surface area contributed by atoms with E-state index < -0.39 is 20.7 Å². The van der Waals surface area contributed by atoms with Crippen molar-refractivity contribution in [2.45, 2.75) is 76.8 Å². The summed E-state index contributed by atoms with van der Waals surface area (Å²) < 4.78 is 17.6. The fraction of sp³-hybridized carbons (Fsp3) is 0.500. The summed E-state index contributed by atoms with van der Waals surface area (Å²) in [6.07, 6.45) is 7.40. The van der Waals surface area contributed by atoms with Crippen LogP contribution in [0.2, 0.25) is 0 Å². The number of anilines is 1. The zero-order chi connectivity index (χ0) is 25.6. The Morgan fingerprint density at radius 1 is 1.39 bits per heavy atom. The third kappa shape index (κ3) is 3.32. The van der Waals surface area contributed by atoms with Crippen molar-refractivity contribution in [3.8, 4) is 6.07 Å². The Hall–Kier alpha value is -1.81. The van der Waals surface area contributed by atoms with Crippen LogP contribution in [0.5, 0.6) is 0 Å². The van der Waals surface area contributed by atoms with Crippen LogP contribution in [0.4, 0.5) is 5.69 Å². The van der Waals surface area contributed by atoms with E-state index >= 15 is 4.21 Å². The summed E-state index contributed by atoms with van der Waals surface area (Å²) in [6, 6.07) is 8.92. The Morgan fingerprint density at radius 3 is 2.86 bits per heavy atom. The number of thiophene rings is 1. The molecule has 5 aliphatic heterocycles. The van der Waals surface area contributed by atoms with E-state index in [9.17, 15) is 10.4 Å². The van der Waals surface area contributed by atoms with Gasteiger partial charge < -0.3 is 10.0 Å². The van der Waals surface area contributed by atoms with Crippen LogP contribution in [0.1, 0.15) is 73.9 Å². The number of hydrogen-bond acceptors (Lipinski definition) is 4. The number of rotatable bonds is 1. The molecule has 0 spiro atoms. The lowest BCUT2D eigenvalue weighted by molar-refractivity contribution is 0.285. The fourth-order valence-corrected chi connectivity index (χ4v) is 17.5. The Kier molecular flexibility index (Phi) is 5.51. The minimum atomic E-state index is -2.52. The number of aliphatic hydroxyl groups is 1. The van der Waals surface area contributed by atoms with Gasteiger partial charge in [-0.1, -0.05) is 17.7 Å². The Balaban J connectivity index is 1.78. The average Bonchev–Trinajstić information content (AvgIpc) is 3.41. The van der Waals surface area contributed by atoms with Gasteiger partial charge >= 0.3 is 0 Å². The summed E-state index contributed by atoms with van der Waals surface area (Å²) in [5.41, 5.74) is 5.20. The number of nitriles is 1. The van der Waals surface area contributed by atoms with Crippen LogP contribution in [0, 0.1) is 17.5 Å². The molecule has 2 aromatic rings. The predicted octanol–water partition coefficient (Wildman–Crippen LogP) is 5.36. The largest absolute Gasteiger partial charge is 0.399 e. The molecule has 1 fully saturated rings. The maximum absolute atomic E-state index is 15.7. The maximum Gasteiger partial charge on any atom is 0.159 e. The molecule has 3 unspecified atom stereocenters. The van der Waals surface area contributed by atoms with Crippen molar-refractivity contribution in [3.63, 3.8) is 0 Å². The fourth-order valence-electron chi connectivity index (χ4n) is 6.56. The highest BCUT2D eigenvalue weighted by Gasteiger charge is 2.53. The van der Waals surface area contributed by atoms with E-state index in [4.69, 9.17) is 0 Å². The van der Waals surface area contributed by atoms with Gasteiger partial charge in [0.1, 0.15) is 4.88 Å². The number of nitrogens with zero attached hydrogens (tertiary/aromatic N) is 3. The van der Waals surface area contributed by atoms with Gasteiger partial charge in [0.05, 0.1) is 51.2 Å². The second-order valence-corrected chi connectivity index (χ2v) is 19.8. The highest BCUT2D eigenvalue weighted by Crippen LogP contribution is 2.55. The Labute approximate surface area is 220 Å². The monoisotopic (exact) mass is 539 g/mol. The first-order valence-electron chi connectivity index (χ1n) is 12.7. The predicted molar refractivity (Wildman–Crippen MR) is 152 cm³/mol. The molecule has 1 aromatic heterocycles. The molecule has 190 valence electrons. The molecule has 36 heavy (non-hydrogen) atoms. The molecule has 7 rings (SSSR count). The van der Waals surface area contributed by atoms with E-state index in [1.807, 2.05) is 0 Å². The van der Waals surface area contributed by atoms with Gasteiger partial charge in [0, 0.05) is 30.4 Å². The number of aryl methyl sites for hydroxylation is 1. The second kappa shape index (κ2) is 8.09. The molecule has 4 atom stereocenters. The summed E-state index contributed by atoms with van der Waals surface area (Å²) >= 11 is 1.62. The van der Waals surface area contributed by atoms with Crippen molar-refractivity contribution >= 4 is 43.9 Å². The van der Waals surface area contributed by atoms with E-state index in [2.05, 4.69) is 80.3 Å². The molecule has 5 aliphatic rings. The SMILES string of the molecule is CC1(C)C[C@@H]2CN1S(=O)(C(C)(C)C)=[P+]1[CH-]C=C(c3cc(C#N)cc4c3N2CCC4)c2[s+][c-](CO)cc21. The van der Waals surface area contributed by atoms with Crippen molar-refractivity contribution in [1.29, 1.82) is 5.26 Å². The summed E-state index contributed by atoms with van der Waals surface area (Å²) in [5.74, 6) is 0. The van der Waals surface area contributed by atoms with Crippen LogP contribution in [-0.2, 0) is 22.3 Å². The third-order valence-electron chi connectivity index (χ3n) is 8.11. The minimum absolute atomic E-state index is 0.0232. The van der Waals surface area contributed by atoms with E-state index in [-0.39, 0.29) is 18.2 Å². The van der Waals surface area contributed by atoms with Gasteiger partial charge in [-0.2, -0.15) is 21.2 Å². The molecule has 4 bridgehead atoms. The summed E-state index contributed by atoms with van der Waals surface area (Å²) in [7, 11) is -2.52. The molecule has 5 nitrogen and oxygen atoms in total. The van der Waals surface area contributed by atoms with E-state index in [0.717, 1.165) is 58.5 Å². The maximum atomic E-state index is 15.7. The van der Waals surface area contributed by atoms with Crippen molar-refractivity contribution in [2.75, 3.05) is 18.0 Å². The molecule has 1 aromatic carbocycles. The van der Waals surface area contributed by atoms with Gasteiger partial charge in [-0.3, -0.25) is 0 Å². The molecular weight excluding hydrogens is 505 g/mol. The molecule has 1 N–H and O–H groups in total. The average molecular weight is 540 g/mol. The van der Waals surface area contributed by atoms with Crippen molar-refractivity contribution in [2.24, 2.45) is 0 Å². The standard InChI is InChI=1S/C28H34N3O2PS2/c1-27(2,3)36(33)31-16-20(14-28(31,4)5)30-9-6-7-19-11-18(15-29)12-23(25(19)30)22-8-10-34(36)24-13-21(17-32)35-26(22)24/h8,10-13,20,32H,6-7,9,14,16-17H2,1-5H3/t20-,36?/m1/s1. The Morgan fingerprint density at radius 2 is 2.17 bits per heavy atom. The summed E-state index contributed by atoms with van der Waals surface area (Å²) in [5, 5.41) is 21.1. The van der Waals surface area contributed by atoms with Crippen LogP contribution in [0.25, 0.3) is 5.57 Å². The number of fused-ring (bicyclic) bond motifs is 1. The summed E-state index contributed by atoms with van der Waals surface area (Å²) in [4.78, 5) is 4.60. The normalized spacial score (nSPS) is 29.0. The number of hydrogen-bond donors (Lipinski definition) is 1. The topological polar surface area (TPSA) is 67.6 Å². The highest BCUT2D eigenvalue weighted by atomic mass is 32.5. The zero-order valence-electron chi connectivity index (χ0n) is 21.7. The van der Waals surface area contributed by atoms with Crippen molar-refractivity contribution in [3.05, 3.63) is 56.9 Å². The first-order valence-corrected chi connectivity index (χ1v) is 17.1. The quantitative estimate of drug-likeness (QED) is 0.301. The van der Waals surface area contributed by atoms with Gasteiger partial charge in [-0.05, 0) is 71.7 Å². The van der Waals surface area contributed by atoms with Gasteiger partial charge in [0.25, 0.3) is 0 Å². The molecule has 0 radical (unpaired) electrons. The van der Waals surface area contributed by atoms with Crippen LogP contribution < -0.4 is 10.2 Å².